The van der Waals surface area contributed by atoms with E-state index in [1.807, 2.05) is 6.92 Å². The minimum Gasteiger partial charge on any atom is -0.494 e. The van der Waals surface area contributed by atoms with Crippen LogP contribution in [0.3, 0.4) is 0 Å². The van der Waals surface area contributed by atoms with E-state index in [0.29, 0.717) is 16.5 Å². The van der Waals surface area contributed by atoms with Gasteiger partial charge in [0, 0.05) is 18.5 Å². The number of nitrogens with one attached hydrogen (secondary N) is 1. The van der Waals surface area contributed by atoms with Crippen LogP contribution in [0, 0.1) is 5.92 Å². The Morgan fingerprint density at radius 2 is 1.69 bits per heavy atom. The van der Waals surface area contributed by atoms with Crippen molar-refractivity contribution in [1.82, 2.24) is 9.88 Å². The Hall–Kier alpha value is -1.56. The van der Waals surface area contributed by atoms with Gasteiger partial charge in [-0.15, -0.1) is 0 Å². The fraction of sp³-hybridized carbons (Fsp3) is 0.696. The molecule has 1 heterocycles. The Balaban J connectivity index is 2.51. The second-order valence-electron chi connectivity index (χ2n) is 7.73. The van der Waals surface area contributed by atoms with Crippen LogP contribution in [0.4, 0.5) is 0 Å². The van der Waals surface area contributed by atoms with Crippen molar-refractivity contribution >= 4 is 17.7 Å². The van der Waals surface area contributed by atoms with Gasteiger partial charge in [-0.2, -0.15) is 0 Å². The highest BCUT2D eigenvalue weighted by Crippen LogP contribution is 2.38. The van der Waals surface area contributed by atoms with Gasteiger partial charge in [0.25, 0.3) is 0 Å². The maximum absolute atomic E-state index is 12.4. The molecule has 0 bridgehead atoms. The molecule has 1 aromatic rings. The van der Waals surface area contributed by atoms with E-state index in [4.69, 9.17) is 0 Å². The van der Waals surface area contributed by atoms with Crippen LogP contribution in [-0.2, 0) is 11.3 Å². The molecule has 1 atom stereocenters. The van der Waals surface area contributed by atoms with Crippen molar-refractivity contribution in [3.8, 4) is 11.8 Å². The summed E-state index contributed by atoms with van der Waals surface area (Å²) < 4.78 is 1.53. The standard InChI is InChI=1S/C23H40N2O3S/c1-5-8-10-11-12-13-14-16-25-21(26)17-20(23(25)28)29-18(4)24-22(27)19(7-3)15-9-6-2/h17,19,26,28H,4-16H2,1-3H3,(H,24,27). The number of nitrogens with zero attached hydrogens (tertiary/aromatic N) is 1. The molecule has 0 saturated carbocycles. The summed E-state index contributed by atoms with van der Waals surface area (Å²) in [4.78, 5) is 12.9. The van der Waals surface area contributed by atoms with E-state index in [1.54, 1.807) is 0 Å². The molecule has 0 saturated heterocycles. The third-order valence-electron chi connectivity index (χ3n) is 5.26. The second-order valence-corrected chi connectivity index (χ2v) is 8.86. The summed E-state index contributed by atoms with van der Waals surface area (Å²) in [6.07, 6.45) is 12.0. The molecule has 1 aromatic heterocycles. The molecule has 29 heavy (non-hydrogen) atoms. The lowest BCUT2D eigenvalue weighted by atomic mass is 9.99. The number of amides is 1. The van der Waals surface area contributed by atoms with Crippen LogP contribution >= 0.6 is 11.8 Å². The van der Waals surface area contributed by atoms with Crippen LogP contribution < -0.4 is 5.32 Å². The predicted molar refractivity (Wildman–Crippen MR) is 122 cm³/mol. The maximum Gasteiger partial charge on any atom is 0.227 e. The minimum atomic E-state index is -0.0235. The van der Waals surface area contributed by atoms with Crippen molar-refractivity contribution in [2.45, 2.75) is 103 Å². The van der Waals surface area contributed by atoms with Gasteiger partial charge < -0.3 is 15.5 Å². The van der Waals surface area contributed by atoms with E-state index in [0.717, 1.165) is 38.5 Å². The van der Waals surface area contributed by atoms with Gasteiger partial charge in [-0.3, -0.25) is 9.36 Å². The number of unbranched alkanes of at least 4 members (excludes halogenated alkanes) is 7. The zero-order valence-corrected chi connectivity index (χ0v) is 19.3. The molecule has 0 aliphatic rings. The Morgan fingerprint density at radius 1 is 1.07 bits per heavy atom. The normalized spacial score (nSPS) is 12.1. The third-order valence-corrected chi connectivity index (χ3v) is 6.13. The maximum atomic E-state index is 12.4. The molecule has 0 aliphatic carbocycles. The van der Waals surface area contributed by atoms with Crippen molar-refractivity contribution in [2.24, 2.45) is 5.92 Å². The smallest absolute Gasteiger partial charge is 0.227 e. The van der Waals surface area contributed by atoms with Crippen molar-refractivity contribution in [2.75, 3.05) is 0 Å². The fourth-order valence-electron chi connectivity index (χ4n) is 3.39. The first-order chi connectivity index (χ1) is 13.9. The molecule has 0 fully saturated rings. The zero-order valence-electron chi connectivity index (χ0n) is 18.5. The highest BCUT2D eigenvalue weighted by atomic mass is 32.2. The monoisotopic (exact) mass is 424 g/mol. The lowest BCUT2D eigenvalue weighted by Gasteiger charge is -2.15. The quantitative estimate of drug-likeness (QED) is 0.208. The number of hydrogen-bond donors (Lipinski definition) is 3. The van der Waals surface area contributed by atoms with Crippen LogP contribution in [0.5, 0.6) is 11.8 Å². The molecular formula is C23H40N2O3S. The molecule has 1 unspecified atom stereocenters. The molecule has 0 aliphatic heterocycles. The largest absolute Gasteiger partial charge is 0.494 e. The van der Waals surface area contributed by atoms with Crippen molar-refractivity contribution in [3.63, 3.8) is 0 Å². The van der Waals surface area contributed by atoms with E-state index < -0.39 is 0 Å². The Labute approximate surface area is 181 Å². The highest BCUT2D eigenvalue weighted by Gasteiger charge is 2.19. The van der Waals surface area contributed by atoms with Crippen LogP contribution in [0.15, 0.2) is 22.6 Å². The van der Waals surface area contributed by atoms with Gasteiger partial charge in [0.1, 0.15) is 0 Å². The predicted octanol–water partition coefficient (Wildman–Crippen LogP) is 6.55. The van der Waals surface area contributed by atoms with E-state index >= 15 is 0 Å². The third kappa shape index (κ3) is 9.20. The average Bonchev–Trinajstić information content (AvgIpc) is 2.94. The fourth-order valence-corrected chi connectivity index (χ4v) is 4.18. The summed E-state index contributed by atoms with van der Waals surface area (Å²) >= 11 is 1.18. The number of carbonyl (C=O) groups is 1. The number of carbonyl (C=O) groups excluding carboxylic acids is 1. The van der Waals surface area contributed by atoms with Gasteiger partial charge in [-0.25, -0.2) is 0 Å². The topological polar surface area (TPSA) is 74.5 Å². The first-order valence-electron chi connectivity index (χ1n) is 11.2. The molecular weight excluding hydrogens is 384 g/mol. The van der Waals surface area contributed by atoms with Crippen molar-refractivity contribution in [3.05, 3.63) is 17.7 Å². The van der Waals surface area contributed by atoms with Crippen molar-refractivity contribution < 1.29 is 15.0 Å². The number of hydrogen-bond acceptors (Lipinski definition) is 4. The highest BCUT2D eigenvalue weighted by molar-refractivity contribution is 8.03. The number of rotatable bonds is 16. The first kappa shape index (κ1) is 25.5. The molecule has 5 nitrogen and oxygen atoms in total. The van der Waals surface area contributed by atoms with Gasteiger partial charge in [-0.05, 0) is 19.3 Å². The van der Waals surface area contributed by atoms with E-state index in [-0.39, 0.29) is 23.6 Å². The summed E-state index contributed by atoms with van der Waals surface area (Å²) in [5.74, 6) is 0.0392. The Bertz CT molecular complexity index is 628. The van der Waals surface area contributed by atoms with Gasteiger partial charge >= 0.3 is 0 Å². The molecule has 0 spiro atoms. The lowest BCUT2D eigenvalue weighted by Crippen LogP contribution is -2.28. The summed E-state index contributed by atoms with van der Waals surface area (Å²) in [6, 6.07) is 1.53. The van der Waals surface area contributed by atoms with Gasteiger partial charge in [0.2, 0.25) is 11.8 Å². The summed E-state index contributed by atoms with van der Waals surface area (Å²) in [5.41, 5.74) is 0. The summed E-state index contributed by atoms with van der Waals surface area (Å²) in [6.45, 7) is 10.8. The Morgan fingerprint density at radius 3 is 2.31 bits per heavy atom. The molecule has 1 amide bonds. The molecule has 6 heteroatoms. The second kappa shape index (κ2) is 14.4. The minimum absolute atomic E-state index is 0.0174. The van der Waals surface area contributed by atoms with Crippen molar-refractivity contribution in [1.29, 1.82) is 0 Å². The first-order valence-corrected chi connectivity index (χ1v) is 12.0. The van der Waals surface area contributed by atoms with Gasteiger partial charge in [0.15, 0.2) is 5.88 Å². The van der Waals surface area contributed by atoms with Crippen LogP contribution in [0.2, 0.25) is 0 Å². The summed E-state index contributed by atoms with van der Waals surface area (Å²) in [7, 11) is 0. The molecule has 0 aromatic carbocycles. The number of aromatic nitrogens is 1. The summed E-state index contributed by atoms with van der Waals surface area (Å²) in [5, 5.41) is 24.0. The van der Waals surface area contributed by atoms with Crippen LogP contribution in [-0.4, -0.2) is 20.7 Å². The Kier molecular flexibility index (Phi) is 12.7. The van der Waals surface area contributed by atoms with E-state index in [9.17, 15) is 15.0 Å². The van der Waals surface area contributed by atoms with E-state index in [1.165, 1.54) is 54.5 Å². The lowest BCUT2D eigenvalue weighted by molar-refractivity contribution is -0.124. The van der Waals surface area contributed by atoms with Crippen LogP contribution in [0.1, 0.15) is 91.4 Å². The molecule has 0 radical (unpaired) electrons. The molecule has 1 rings (SSSR count). The number of thioether (sulfide) groups is 1. The van der Waals surface area contributed by atoms with Gasteiger partial charge in [0.05, 0.1) is 9.92 Å². The van der Waals surface area contributed by atoms with Gasteiger partial charge in [-0.1, -0.05) is 90.5 Å². The SMILES string of the molecule is C=C(NC(=O)C(CC)CCCC)Sc1cc(O)n(CCCCCCCCC)c1O. The number of aromatic hydroxyl groups is 2. The molecule has 166 valence electrons. The molecule has 3 N–H and O–H groups in total. The van der Waals surface area contributed by atoms with E-state index in [2.05, 4.69) is 25.7 Å². The average molecular weight is 425 g/mol. The zero-order chi connectivity index (χ0) is 21.6. The van der Waals surface area contributed by atoms with Crippen LogP contribution in [0.25, 0.3) is 0 Å².